The SMILES string of the molecule is Nc1ccc2c(c1N=Nc1ccc(S(=O)(=O)O)cc1Cl)C=C(S(=O)(=O)O)C(=NNc1ccc(-c3ccc(NN=C4C=CC(=O)C(C(=O)O)=C4)cc3)cc1)C2=O. The van der Waals surface area contributed by atoms with E-state index in [0.29, 0.717) is 11.4 Å². The lowest BCUT2D eigenvalue weighted by Gasteiger charge is -2.18. The van der Waals surface area contributed by atoms with E-state index in [1.807, 2.05) is 0 Å². The lowest BCUT2D eigenvalue weighted by molar-refractivity contribution is -0.134. The Morgan fingerprint density at radius 3 is 1.93 bits per heavy atom. The second kappa shape index (κ2) is 15.0. The first-order valence-electron chi connectivity index (χ1n) is 15.4. The molecule has 0 saturated heterocycles. The minimum atomic E-state index is -5.04. The smallest absolute Gasteiger partial charge is 0.339 e. The molecule has 0 amide bonds. The first kappa shape index (κ1) is 38.1. The van der Waals surface area contributed by atoms with Gasteiger partial charge in [-0.3, -0.25) is 29.5 Å². The van der Waals surface area contributed by atoms with E-state index in [1.165, 1.54) is 18.2 Å². The standard InChI is InChI=1S/C35H24ClN7O10S2/c36-27-16-23(54(48,49)50)10-13-29(27)41-42-32-25-17-31(55(51,52)53)33(34(45)24(25)11-12-28(32)37)43-39-21-7-3-19(4-8-21)18-1-5-20(6-2-18)38-40-22-9-14-30(44)26(15-22)35(46)47/h1-17,38-39H,37H2,(H,46,47)(H,48,49,50)(H,51,52,53). The Hall–Kier alpha value is -6.64. The van der Waals surface area contributed by atoms with Gasteiger partial charge in [0, 0.05) is 11.1 Å². The highest BCUT2D eigenvalue weighted by atomic mass is 35.5. The Bertz CT molecular complexity index is 2720. The maximum absolute atomic E-state index is 13.6. The van der Waals surface area contributed by atoms with Gasteiger partial charge in [0.15, 0.2) is 11.5 Å². The topological polar surface area (TPSA) is 280 Å². The number of hydrogen-bond acceptors (Lipinski definition) is 14. The Kier molecular flexibility index (Phi) is 10.4. The first-order chi connectivity index (χ1) is 26.0. The summed E-state index contributed by atoms with van der Waals surface area (Å²) in [6, 6.07) is 19.5. The van der Waals surface area contributed by atoms with Gasteiger partial charge in [0.1, 0.15) is 21.9 Å². The van der Waals surface area contributed by atoms with Gasteiger partial charge in [-0.1, -0.05) is 35.9 Å². The van der Waals surface area contributed by atoms with Crippen molar-refractivity contribution in [2.75, 3.05) is 16.6 Å². The highest BCUT2D eigenvalue weighted by molar-refractivity contribution is 7.91. The van der Waals surface area contributed by atoms with Gasteiger partial charge in [0.05, 0.1) is 32.7 Å². The third-order valence-corrected chi connectivity index (χ3v) is 9.90. The molecule has 0 aliphatic heterocycles. The number of carboxylic acids is 1. The molecule has 0 atom stereocenters. The first-order valence-corrected chi connectivity index (χ1v) is 18.7. The van der Waals surface area contributed by atoms with Gasteiger partial charge < -0.3 is 10.8 Å². The van der Waals surface area contributed by atoms with E-state index in [-0.39, 0.29) is 38.9 Å². The van der Waals surface area contributed by atoms with Crippen LogP contribution in [0.15, 0.2) is 133 Å². The van der Waals surface area contributed by atoms with Crippen molar-refractivity contribution in [2.45, 2.75) is 4.90 Å². The van der Waals surface area contributed by atoms with Crippen molar-refractivity contribution in [3.63, 3.8) is 0 Å². The summed E-state index contributed by atoms with van der Waals surface area (Å²) in [5.74, 6) is -2.87. The predicted octanol–water partition coefficient (Wildman–Crippen LogP) is 6.06. The zero-order valence-electron chi connectivity index (χ0n) is 27.6. The largest absolute Gasteiger partial charge is 0.478 e. The molecule has 17 nitrogen and oxygen atoms in total. The van der Waals surface area contributed by atoms with E-state index >= 15 is 0 Å². The summed E-state index contributed by atoms with van der Waals surface area (Å²) in [5.41, 5.74) is 12.8. The third kappa shape index (κ3) is 8.45. The second-order valence-corrected chi connectivity index (χ2v) is 14.7. The number of allylic oxidation sites excluding steroid dienone is 4. The number of aliphatic carboxylic acids is 1. The summed E-state index contributed by atoms with van der Waals surface area (Å²) in [7, 11) is -9.59. The fourth-order valence-corrected chi connectivity index (χ4v) is 6.57. The summed E-state index contributed by atoms with van der Waals surface area (Å²) >= 11 is 6.10. The van der Waals surface area contributed by atoms with E-state index in [0.717, 1.165) is 47.6 Å². The Labute approximate surface area is 316 Å². The molecule has 0 bridgehead atoms. The van der Waals surface area contributed by atoms with Crippen LogP contribution in [0.4, 0.5) is 28.4 Å². The molecule has 6 rings (SSSR count). The van der Waals surface area contributed by atoms with Crippen LogP contribution < -0.4 is 16.6 Å². The van der Waals surface area contributed by atoms with Crippen LogP contribution in [0.3, 0.4) is 0 Å². The Balaban J connectivity index is 1.21. The quantitative estimate of drug-likeness (QED) is 0.0266. The van der Waals surface area contributed by atoms with E-state index in [2.05, 4.69) is 31.3 Å². The summed E-state index contributed by atoms with van der Waals surface area (Å²) in [5, 5.41) is 25.0. The Morgan fingerprint density at radius 1 is 0.745 bits per heavy atom. The van der Waals surface area contributed by atoms with E-state index in [4.69, 9.17) is 22.4 Å². The van der Waals surface area contributed by atoms with E-state index in [1.54, 1.807) is 48.5 Å². The summed E-state index contributed by atoms with van der Waals surface area (Å²) in [4.78, 5) is 35.2. The molecule has 0 unspecified atom stereocenters. The number of hydrazone groups is 2. The molecule has 4 aromatic carbocycles. The van der Waals surface area contributed by atoms with Crippen LogP contribution in [0.1, 0.15) is 15.9 Å². The normalized spacial score (nSPS) is 15.9. The molecule has 0 radical (unpaired) electrons. The minimum absolute atomic E-state index is 0.0328. The molecule has 278 valence electrons. The molecular formula is C35H24ClN7O10S2. The van der Waals surface area contributed by atoms with Gasteiger partial charge in [0.2, 0.25) is 5.78 Å². The lowest BCUT2D eigenvalue weighted by Crippen LogP contribution is -2.27. The molecule has 0 aromatic heterocycles. The van der Waals surface area contributed by atoms with Gasteiger partial charge in [0.25, 0.3) is 20.2 Å². The van der Waals surface area contributed by atoms with Crippen LogP contribution in [-0.2, 0) is 29.8 Å². The molecule has 0 heterocycles. The number of carbonyl (C=O) groups is 3. The molecule has 0 spiro atoms. The van der Waals surface area contributed by atoms with Crippen molar-refractivity contribution < 1.29 is 45.4 Å². The highest BCUT2D eigenvalue weighted by Crippen LogP contribution is 2.38. The molecule has 2 aliphatic carbocycles. The third-order valence-electron chi connectivity index (χ3n) is 7.88. The lowest BCUT2D eigenvalue weighted by atomic mass is 9.92. The number of ketones is 2. The number of halogens is 1. The molecule has 20 heteroatoms. The van der Waals surface area contributed by atoms with Crippen LogP contribution >= 0.6 is 11.6 Å². The number of fused-ring (bicyclic) bond motifs is 1. The van der Waals surface area contributed by atoms with Crippen LogP contribution in [0.5, 0.6) is 0 Å². The zero-order valence-corrected chi connectivity index (χ0v) is 30.0. The predicted molar refractivity (Wildman–Crippen MR) is 204 cm³/mol. The molecule has 4 aromatic rings. The van der Waals surface area contributed by atoms with Gasteiger partial charge >= 0.3 is 5.97 Å². The second-order valence-electron chi connectivity index (χ2n) is 11.5. The molecular weight excluding hydrogens is 778 g/mol. The minimum Gasteiger partial charge on any atom is -0.478 e. The number of anilines is 3. The van der Waals surface area contributed by atoms with Gasteiger partial charge in [-0.15, -0.1) is 10.2 Å². The average Bonchev–Trinajstić information content (AvgIpc) is 3.13. The van der Waals surface area contributed by atoms with Crippen molar-refractivity contribution >= 4 is 95.3 Å². The summed E-state index contributed by atoms with van der Waals surface area (Å²) in [6.07, 6.45) is 4.64. The van der Waals surface area contributed by atoms with Gasteiger partial charge in [-0.25, -0.2) is 4.79 Å². The number of hydrogen-bond donors (Lipinski definition) is 6. The average molecular weight is 802 g/mol. The van der Waals surface area contributed by atoms with Crippen LogP contribution in [0, 0.1) is 0 Å². The number of nitrogens with zero attached hydrogens (tertiary/aromatic N) is 4. The molecule has 55 heavy (non-hydrogen) atoms. The number of nitrogen functional groups attached to an aromatic ring is 1. The number of benzene rings is 4. The molecule has 7 N–H and O–H groups in total. The van der Waals surface area contributed by atoms with Crippen LogP contribution in [-0.4, -0.2) is 60.0 Å². The molecule has 0 saturated carbocycles. The molecule has 2 aliphatic rings. The van der Waals surface area contributed by atoms with Crippen molar-refractivity contribution in [3.8, 4) is 11.1 Å². The van der Waals surface area contributed by atoms with E-state index < -0.39 is 58.9 Å². The Morgan fingerprint density at radius 2 is 1.36 bits per heavy atom. The number of Topliss-reactive ketones (excluding diaryl/α,β-unsaturated/α-hetero) is 1. The highest BCUT2D eigenvalue weighted by Gasteiger charge is 2.34. The van der Waals surface area contributed by atoms with Crippen LogP contribution in [0.25, 0.3) is 17.2 Å². The number of rotatable bonds is 10. The summed E-state index contributed by atoms with van der Waals surface area (Å²) in [6.45, 7) is 0. The van der Waals surface area contributed by atoms with Crippen LogP contribution in [0.2, 0.25) is 5.02 Å². The number of nitrogens with two attached hydrogens (primary N) is 1. The van der Waals surface area contributed by atoms with Crippen molar-refractivity contribution in [1.82, 2.24) is 0 Å². The monoisotopic (exact) mass is 801 g/mol. The van der Waals surface area contributed by atoms with Crippen molar-refractivity contribution in [1.29, 1.82) is 0 Å². The number of carbonyl (C=O) groups excluding carboxylic acids is 2. The summed E-state index contributed by atoms with van der Waals surface area (Å²) < 4.78 is 67.2. The van der Waals surface area contributed by atoms with Crippen molar-refractivity contribution in [3.05, 3.63) is 124 Å². The van der Waals surface area contributed by atoms with Crippen molar-refractivity contribution in [2.24, 2.45) is 20.4 Å². The zero-order chi connectivity index (χ0) is 39.7. The van der Waals surface area contributed by atoms with Gasteiger partial charge in [-0.2, -0.15) is 27.0 Å². The molecule has 0 fully saturated rings. The fraction of sp³-hybridized carbons (Fsp3) is 0. The number of azo groups is 1. The maximum Gasteiger partial charge on any atom is 0.339 e. The fourth-order valence-electron chi connectivity index (χ4n) is 5.13. The van der Waals surface area contributed by atoms with E-state index in [9.17, 15) is 40.3 Å². The number of carboxylic acid groups (broad SMARTS) is 1. The maximum atomic E-state index is 13.6. The van der Waals surface area contributed by atoms with Gasteiger partial charge in [-0.05, 0) is 90.0 Å². The number of nitrogens with one attached hydrogen (secondary N) is 2.